The van der Waals surface area contributed by atoms with Crippen LogP contribution in [-0.2, 0) is 22.6 Å². The zero-order valence-corrected chi connectivity index (χ0v) is 15.5. The summed E-state index contributed by atoms with van der Waals surface area (Å²) < 4.78 is 10.5. The minimum Gasteiger partial charge on any atom is -0.454 e. The first kappa shape index (κ1) is 18.8. The van der Waals surface area contributed by atoms with Crippen molar-refractivity contribution in [2.75, 3.05) is 18.7 Å². The molecule has 9 nitrogen and oxygen atoms in total. The number of carbonyl (C=O) groups excluding carboxylic acids is 3. The third-order valence-corrected chi connectivity index (χ3v) is 4.90. The van der Waals surface area contributed by atoms with Crippen LogP contribution < -0.4 is 25.8 Å². The fraction of sp³-hybridized carbons (Fsp3) is 0.250. The predicted molar refractivity (Wildman–Crippen MR) is 103 cm³/mol. The Bertz CT molecular complexity index is 977. The monoisotopic (exact) mass is 396 g/mol. The predicted octanol–water partition coefficient (Wildman–Crippen LogP) is 0.976. The molecule has 29 heavy (non-hydrogen) atoms. The van der Waals surface area contributed by atoms with Crippen LogP contribution in [0.1, 0.15) is 11.1 Å². The van der Waals surface area contributed by atoms with E-state index in [0.29, 0.717) is 30.2 Å². The minimum absolute atomic E-state index is 0.128. The maximum Gasteiger partial charge on any atom is 0.325 e. The Kier molecular flexibility index (Phi) is 5.05. The van der Waals surface area contributed by atoms with Gasteiger partial charge in [0.05, 0.1) is 12.6 Å². The Balaban J connectivity index is 1.37. The highest BCUT2D eigenvalue weighted by molar-refractivity contribution is 6.02. The molecule has 150 valence electrons. The lowest BCUT2D eigenvalue weighted by atomic mass is 9.93. The minimum atomic E-state index is -0.679. The first-order valence-corrected chi connectivity index (χ1v) is 9.10. The molecule has 0 radical (unpaired) electrons. The summed E-state index contributed by atoms with van der Waals surface area (Å²) >= 11 is 0. The fourth-order valence-electron chi connectivity index (χ4n) is 3.51. The van der Waals surface area contributed by atoms with Gasteiger partial charge >= 0.3 is 6.03 Å². The van der Waals surface area contributed by atoms with Crippen molar-refractivity contribution in [3.63, 3.8) is 0 Å². The molecule has 2 heterocycles. The Morgan fingerprint density at radius 3 is 2.62 bits per heavy atom. The van der Waals surface area contributed by atoms with Gasteiger partial charge in [0.2, 0.25) is 18.6 Å². The third kappa shape index (κ3) is 4.14. The van der Waals surface area contributed by atoms with Crippen LogP contribution in [0.25, 0.3) is 0 Å². The van der Waals surface area contributed by atoms with Crippen molar-refractivity contribution < 1.29 is 23.9 Å². The van der Waals surface area contributed by atoms with Crippen LogP contribution >= 0.6 is 0 Å². The second-order valence-corrected chi connectivity index (χ2v) is 6.87. The Morgan fingerprint density at radius 2 is 1.83 bits per heavy atom. The van der Waals surface area contributed by atoms with E-state index in [-0.39, 0.29) is 13.3 Å². The van der Waals surface area contributed by atoms with E-state index in [1.54, 1.807) is 23.1 Å². The molecule has 4 amide bonds. The molecule has 2 aliphatic rings. The van der Waals surface area contributed by atoms with Crippen molar-refractivity contribution in [2.45, 2.75) is 19.0 Å². The summed E-state index contributed by atoms with van der Waals surface area (Å²) in [4.78, 5) is 38.1. The van der Waals surface area contributed by atoms with E-state index >= 15 is 0 Å². The summed E-state index contributed by atoms with van der Waals surface area (Å²) in [6, 6.07) is 11.3. The Hall–Kier alpha value is -3.59. The highest BCUT2D eigenvalue weighted by Gasteiger charge is 2.31. The number of hydrogen-bond acceptors (Lipinski definition) is 6. The number of anilines is 1. The lowest BCUT2D eigenvalue weighted by molar-refractivity contribution is -0.127. The van der Waals surface area contributed by atoms with Crippen LogP contribution in [0.2, 0.25) is 0 Å². The van der Waals surface area contributed by atoms with Crippen LogP contribution in [0.15, 0.2) is 42.5 Å². The average molecular weight is 396 g/mol. The number of amides is 4. The Morgan fingerprint density at radius 1 is 1.07 bits per heavy atom. The molecule has 4 rings (SSSR count). The molecule has 0 saturated carbocycles. The fourth-order valence-corrected chi connectivity index (χ4v) is 3.51. The van der Waals surface area contributed by atoms with E-state index in [0.717, 1.165) is 11.1 Å². The van der Waals surface area contributed by atoms with Crippen LogP contribution in [0.3, 0.4) is 0 Å². The van der Waals surface area contributed by atoms with Gasteiger partial charge in [-0.25, -0.2) is 4.79 Å². The number of ether oxygens (including phenoxy) is 2. The molecule has 2 aliphatic heterocycles. The second-order valence-electron chi connectivity index (χ2n) is 6.87. The molecule has 0 fully saturated rings. The Labute approximate surface area is 166 Å². The van der Waals surface area contributed by atoms with Crippen molar-refractivity contribution in [3.8, 4) is 11.5 Å². The number of nitrogens with two attached hydrogens (primary N) is 1. The average Bonchev–Trinajstić information content (AvgIpc) is 3.14. The van der Waals surface area contributed by atoms with E-state index in [2.05, 4.69) is 10.6 Å². The quantitative estimate of drug-likeness (QED) is 0.708. The van der Waals surface area contributed by atoms with E-state index in [4.69, 9.17) is 15.2 Å². The number of nitrogens with zero attached hydrogens (tertiary/aromatic N) is 1. The van der Waals surface area contributed by atoms with Gasteiger partial charge in [0.1, 0.15) is 0 Å². The van der Waals surface area contributed by atoms with Gasteiger partial charge in [-0.1, -0.05) is 24.3 Å². The number of imide groups is 1. The molecule has 0 spiro atoms. The van der Waals surface area contributed by atoms with Crippen molar-refractivity contribution in [1.29, 1.82) is 0 Å². The van der Waals surface area contributed by atoms with Gasteiger partial charge < -0.3 is 20.5 Å². The number of fused-ring (bicyclic) bond motifs is 2. The largest absolute Gasteiger partial charge is 0.454 e. The molecule has 1 atom stereocenters. The van der Waals surface area contributed by atoms with Crippen molar-refractivity contribution in [2.24, 2.45) is 5.73 Å². The summed E-state index contributed by atoms with van der Waals surface area (Å²) in [5.41, 5.74) is 8.05. The molecule has 0 saturated heterocycles. The zero-order valence-electron chi connectivity index (χ0n) is 15.5. The molecular formula is C20H20N4O5. The number of urea groups is 1. The van der Waals surface area contributed by atoms with E-state index in [1.165, 1.54) is 0 Å². The summed E-state index contributed by atoms with van der Waals surface area (Å²) in [5.74, 6) is 0.0753. The van der Waals surface area contributed by atoms with Crippen LogP contribution in [0.5, 0.6) is 11.5 Å². The summed E-state index contributed by atoms with van der Waals surface area (Å²) in [6.45, 7) is 0.404. The molecule has 0 aromatic heterocycles. The van der Waals surface area contributed by atoms with E-state index in [1.807, 2.05) is 24.3 Å². The number of carbonyl (C=O) groups is 3. The van der Waals surface area contributed by atoms with Crippen LogP contribution in [-0.4, -0.2) is 42.1 Å². The summed E-state index contributed by atoms with van der Waals surface area (Å²) in [7, 11) is 0. The molecule has 0 bridgehead atoms. The number of benzene rings is 2. The van der Waals surface area contributed by atoms with Crippen LogP contribution in [0.4, 0.5) is 10.5 Å². The molecule has 0 unspecified atom stereocenters. The molecular weight excluding hydrogens is 376 g/mol. The molecule has 0 aliphatic carbocycles. The molecule has 4 N–H and O–H groups in total. The topological polar surface area (TPSA) is 123 Å². The SMILES string of the molecule is NC(=O)[C@@H]1Cc2ccccc2CN1CC(=O)NC(=O)Nc1ccc2c(c1)OCO2. The van der Waals surface area contributed by atoms with Gasteiger partial charge in [-0.05, 0) is 29.7 Å². The number of hydrogen-bond donors (Lipinski definition) is 3. The lowest BCUT2D eigenvalue weighted by Gasteiger charge is -2.34. The van der Waals surface area contributed by atoms with Crippen molar-refractivity contribution in [3.05, 3.63) is 53.6 Å². The number of nitrogens with one attached hydrogen (secondary N) is 2. The molecule has 2 aromatic carbocycles. The van der Waals surface area contributed by atoms with Crippen molar-refractivity contribution in [1.82, 2.24) is 10.2 Å². The first-order chi connectivity index (χ1) is 14.0. The van der Waals surface area contributed by atoms with Gasteiger partial charge in [0.15, 0.2) is 11.5 Å². The van der Waals surface area contributed by atoms with E-state index in [9.17, 15) is 14.4 Å². The van der Waals surface area contributed by atoms with Crippen molar-refractivity contribution >= 4 is 23.5 Å². The second kappa shape index (κ2) is 7.80. The summed E-state index contributed by atoms with van der Waals surface area (Å²) in [5, 5.41) is 4.84. The van der Waals surface area contributed by atoms with E-state index < -0.39 is 23.9 Å². The van der Waals surface area contributed by atoms with Crippen LogP contribution in [0, 0.1) is 0 Å². The van der Waals surface area contributed by atoms with Gasteiger partial charge in [0, 0.05) is 18.3 Å². The maximum atomic E-state index is 12.4. The molecule has 2 aromatic rings. The highest BCUT2D eigenvalue weighted by atomic mass is 16.7. The number of primary amides is 1. The van der Waals surface area contributed by atoms with Gasteiger partial charge in [-0.15, -0.1) is 0 Å². The summed E-state index contributed by atoms with van der Waals surface area (Å²) in [6.07, 6.45) is 0.433. The first-order valence-electron chi connectivity index (χ1n) is 9.10. The number of rotatable bonds is 4. The zero-order chi connectivity index (χ0) is 20.4. The van der Waals surface area contributed by atoms with Gasteiger partial charge in [-0.2, -0.15) is 0 Å². The molecule has 9 heteroatoms. The normalized spacial score (nSPS) is 17.3. The third-order valence-electron chi connectivity index (χ3n) is 4.90. The van der Waals surface area contributed by atoms with Gasteiger partial charge in [-0.3, -0.25) is 19.8 Å². The highest BCUT2D eigenvalue weighted by Crippen LogP contribution is 2.34. The smallest absolute Gasteiger partial charge is 0.325 e. The standard InChI is InChI=1S/C20H20N4O5/c21-19(26)15-7-12-3-1-2-4-13(12)9-24(15)10-18(25)23-20(27)22-14-5-6-16-17(8-14)29-11-28-16/h1-6,8,15H,7,9-11H2,(H2,21,26)(H2,22,23,25,27)/t15-/m0/s1. The maximum absolute atomic E-state index is 12.4. The van der Waals surface area contributed by atoms with Gasteiger partial charge in [0.25, 0.3) is 0 Å². The lowest BCUT2D eigenvalue weighted by Crippen LogP contribution is -2.52.